The molecule has 2 nitrogen and oxygen atoms in total. The first-order chi connectivity index (χ1) is 8.25. The highest BCUT2D eigenvalue weighted by Gasteiger charge is 2.05. The zero-order valence-electron chi connectivity index (χ0n) is 10.7. The number of nitrogens with two attached hydrogens (primary N) is 1. The Morgan fingerprint density at radius 3 is 2.41 bits per heavy atom. The Kier molecular flexibility index (Phi) is 6.63. The fourth-order valence-electron chi connectivity index (χ4n) is 1.91. The molecular formula is C14H23FN2. The van der Waals surface area contributed by atoms with Gasteiger partial charge in [-0.1, -0.05) is 31.4 Å². The van der Waals surface area contributed by atoms with Crippen molar-refractivity contribution in [3.8, 4) is 0 Å². The van der Waals surface area contributed by atoms with Gasteiger partial charge in [0.2, 0.25) is 0 Å². The molecule has 2 N–H and O–H groups in total. The van der Waals surface area contributed by atoms with Gasteiger partial charge in [-0.05, 0) is 31.5 Å². The molecule has 1 aromatic rings. The number of nitrogens with zero attached hydrogens (tertiary/aromatic N) is 1. The normalized spacial score (nSPS) is 10.5. The van der Waals surface area contributed by atoms with E-state index in [2.05, 4.69) is 0 Å². The minimum Gasteiger partial charge on any atom is -0.372 e. The highest BCUT2D eigenvalue weighted by Crippen LogP contribution is 2.17. The summed E-state index contributed by atoms with van der Waals surface area (Å²) in [5.74, 6) is -0.141. The summed E-state index contributed by atoms with van der Waals surface area (Å²) < 4.78 is 13.5. The molecule has 0 radical (unpaired) electrons. The fourth-order valence-corrected chi connectivity index (χ4v) is 1.91. The lowest BCUT2D eigenvalue weighted by Gasteiger charge is -2.19. The second-order valence-corrected chi connectivity index (χ2v) is 4.43. The van der Waals surface area contributed by atoms with E-state index in [0.29, 0.717) is 5.69 Å². The standard InChI is InChI=1S/C14H23FN2/c1-17(12-8-4-2-3-7-11-16)14-10-6-5-9-13(14)15/h5-6,9-10H,2-4,7-8,11-12,16H2,1H3. The largest absolute Gasteiger partial charge is 0.372 e. The van der Waals surface area contributed by atoms with E-state index >= 15 is 0 Å². The van der Waals surface area contributed by atoms with Gasteiger partial charge >= 0.3 is 0 Å². The van der Waals surface area contributed by atoms with Crippen LogP contribution in [0.1, 0.15) is 32.1 Å². The number of hydrogen-bond acceptors (Lipinski definition) is 2. The molecule has 0 amide bonds. The number of benzene rings is 1. The van der Waals surface area contributed by atoms with Gasteiger partial charge in [0.05, 0.1) is 5.69 Å². The lowest BCUT2D eigenvalue weighted by molar-refractivity contribution is 0.601. The Hall–Kier alpha value is -1.09. The van der Waals surface area contributed by atoms with Gasteiger partial charge in [-0.25, -0.2) is 4.39 Å². The maximum absolute atomic E-state index is 13.5. The molecule has 0 aliphatic heterocycles. The van der Waals surface area contributed by atoms with Crippen molar-refractivity contribution in [3.63, 3.8) is 0 Å². The van der Waals surface area contributed by atoms with Gasteiger partial charge in [-0.2, -0.15) is 0 Å². The summed E-state index contributed by atoms with van der Waals surface area (Å²) in [4.78, 5) is 1.98. The van der Waals surface area contributed by atoms with Crippen molar-refractivity contribution in [2.45, 2.75) is 32.1 Å². The third-order valence-corrected chi connectivity index (χ3v) is 2.96. The molecule has 0 aliphatic carbocycles. The summed E-state index contributed by atoms with van der Waals surface area (Å²) >= 11 is 0. The molecule has 0 atom stereocenters. The van der Waals surface area contributed by atoms with E-state index in [1.807, 2.05) is 24.1 Å². The van der Waals surface area contributed by atoms with E-state index in [1.165, 1.54) is 25.3 Å². The molecular weight excluding hydrogens is 215 g/mol. The van der Waals surface area contributed by atoms with Crippen LogP contribution in [0.15, 0.2) is 24.3 Å². The first-order valence-corrected chi connectivity index (χ1v) is 6.41. The number of unbranched alkanes of at least 4 members (excludes halogenated alkanes) is 4. The smallest absolute Gasteiger partial charge is 0.146 e. The van der Waals surface area contributed by atoms with Crippen LogP contribution < -0.4 is 10.6 Å². The number of halogens is 1. The van der Waals surface area contributed by atoms with Crippen LogP contribution in [0, 0.1) is 5.82 Å². The van der Waals surface area contributed by atoms with Crippen molar-refractivity contribution in [3.05, 3.63) is 30.1 Å². The highest BCUT2D eigenvalue weighted by molar-refractivity contribution is 5.46. The molecule has 0 unspecified atom stereocenters. The maximum atomic E-state index is 13.5. The summed E-state index contributed by atoms with van der Waals surface area (Å²) in [7, 11) is 1.94. The van der Waals surface area contributed by atoms with Crippen molar-refractivity contribution in [1.82, 2.24) is 0 Å². The Morgan fingerprint density at radius 1 is 1.06 bits per heavy atom. The Morgan fingerprint density at radius 2 is 1.71 bits per heavy atom. The molecule has 1 aromatic carbocycles. The summed E-state index contributed by atoms with van der Waals surface area (Å²) in [6.45, 7) is 1.69. The molecule has 96 valence electrons. The zero-order chi connectivity index (χ0) is 12.5. The van der Waals surface area contributed by atoms with Gasteiger partial charge in [0.1, 0.15) is 5.82 Å². The molecule has 3 heteroatoms. The van der Waals surface area contributed by atoms with Gasteiger partial charge in [-0.3, -0.25) is 0 Å². The first-order valence-electron chi connectivity index (χ1n) is 6.41. The quantitative estimate of drug-likeness (QED) is 0.705. The second-order valence-electron chi connectivity index (χ2n) is 4.43. The maximum Gasteiger partial charge on any atom is 0.146 e. The zero-order valence-corrected chi connectivity index (χ0v) is 10.7. The van der Waals surface area contributed by atoms with Crippen LogP contribution in [0.25, 0.3) is 0 Å². The van der Waals surface area contributed by atoms with Crippen LogP contribution in [-0.4, -0.2) is 20.1 Å². The summed E-state index contributed by atoms with van der Waals surface area (Å²) in [5, 5.41) is 0. The Bertz CT molecular complexity index is 315. The van der Waals surface area contributed by atoms with Gasteiger partial charge in [0.25, 0.3) is 0 Å². The van der Waals surface area contributed by atoms with E-state index in [1.54, 1.807) is 6.07 Å². The van der Waals surface area contributed by atoms with E-state index in [-0.39, 0.29) is 5.82 Å². The van der Waals surface area contributed by atoms with E-state index in [9.17, 15) is 4.39 Å². The van der Waals surface area contributed by atoms with Crippen LogP contribution in [0.4, 0.5) is 10.1 Å². The van der Waals surface area contributed by atoms with Crippen molar-refractivity contribution >= 4 is 5.69 Å². The predicted octanol–water partition coefficient (Wildman–Crippen LogP) is 3.17. The summed E-state index contributed by atoms with van der Waals surface area (Å²) in [6.07, 6.45) is 5.85. The minimum atomic E-state index is -0.141. The highest BCUT2D eigenvalue weighted by atomic mass is 19.1. The summed E-state index contributed by atoms with van der Waals surface area (Å²) in [6, 6.07) is 6.92. The third-order valence-electron chi connectivity index (χ3n) is 2.96. The van der Waals surface area contributed by atoms with Crippen molar-refractivity contribution < 1.29 is 4.39 Å². The lowest BCUT2D eigenvalue weighted by atomic mass is 10.1. The van der Waals surface area contributed by atoms with Gasteiger partial charge in [-0.15, -0.1) is 0 Å². The predicted molar refractivity (Wildman–Crippen MR) is 71.8 cm³/mol. The Labute approximate surface area is 104 Å². The minimum absolute atomic E-state index is 0.141. The molecule has 0 spiro atoms. The van der Waals surface area contributed by atoms with Crippen LogP contribution in [0.3, 0.4) is 0 Å². The number of hydrogen-bond donors (Lipinski definition) is 1. The first kappa shape index (κ1) is 14.0. The van der Waals surface area contributed by atoms with Crippen molar-refractivity contribution in [2.75, 3.05) is 25.0 Å². The molecule has 0 fully saturated rings. The molecule has 0 aromatic heterocycles. The molecule has 0 bridgehead atoms. The molecule has 0 aliphatic rings. The topological polar surface area (TPSA) is 29.3 Å². The van der Waals surface area contributed by atoms with Gasteiger partial charge in [0.15, 0.2) is 0 Å². The van der Waals surface area contributed by atoms with Crippen molar-refractivity contribution in [2.24, 2.45) is 5.73 Å². The molecule has 17 heavy (non-hydrogen) atoms. The van der Waals surface area contributed by atoms with Crippen LogP contribution in [-0.2, 0) is 0 Å². The van der Waals surface area contributed by atoms with Gasteiger partial charge in [0, 0.05) is 13.6 Å². The summed E-state index contributed by atoms with van der Waals surface area (Å²) in [5.41, 5.74) is 6.12. The van der Waals surface area contributed by atoms with Gasteiger partial charge < -0.3 is 10.6 Å². The van der Waals surface area contributed by atoms with E-state index in [0.717, 1.165) is 25.9 Å². The van der Waals surface area contributed by atoms with Crippen LogP contribution in [0.2, 0.25) is 0 Å². The number of para-hydroxylation sites is 1. The lowest BCUT2D eigenvalue weighted by Crippen LogP contribution is -2.19. The average Bonchev–Trinajstić information content (AvgIpc) is 2.34. The fraction of sp³-hybridized carbons (Fsp3) is 0.571. The van der Waals surface area contributed by atoms with Crippen LogP contribution in [0.5, 0.6) is 0 Å². The Balaban J connectivity index is 2.21. The monoisotopic (exact) mass is 238 g/mol. The van der Waals surface area contributed by atoms with Crippen LogP contribution >= 0.6 is 0 Å². The van der Waals surface area contributed by atoms with E-state index < -0.39 is 0 Å². The average molecular weight is 238 g/mol. The molecule has 0 heterocycles. The molecule has 1 rings (SSSR count). The van der Waals surface area contributed by atoms with E-state index in [4.69, 9.17) is 5.73 Å². The SMILES string of the molecule is CN(CCCCCCCN)c1ccccc1F. The second kappa shape index (κ2) is 8.07. The molecule has 0 saturated heterocycles. The third kappa shape index (κ3) is 5.18. The molecule has 0 saturated carbocycles. The number of anilines is 1. The number of rotatable bonds is 8. The van der Waals surface area contributed by atoms with Crippen molar-refractivity contribution in [1.29, 1.82) is 0 Å².